The summed E-state index contributed by atoms with van der Waals surface area (Å²) in [6.45, 7) is 0. The van der Waals surface area contributed by atoms with E-state index in [0.29, 0.717) is 28.2 Å². The molecule has 1 aliphatic carbocycles. The molecule has 3 aromatic carbocycles. The van der Waals surface area contributed by atoms with E-state index in [-0.39, 0.29) is 11.6 Å². The third kappa shape index (κ3) is 2.30. The van der Waals surface area contributed by atoms with Crippen molar-refractivity contribution in [2.24, 2.45) is 0 Å². The molecule has 3 aromatic rings. The molecule has 4 rings (SSSR count). The van der Waals surface area contributed by atoms with Crippen molar-refractivity contribution in [3.05, 3.63) is 71.3 Å². The molecule has 0 heterocycles. The van der Waals surface area contributed by atoms with E-state index in [1.807, 2.05) is 36.4 Å². The minimum atomic E-state index is -0.827. The number of rotatable bonds is 3. The molecule has 0 fully saturated rings. The molecule has 124 valence electrons. The van der Waals surface area contributed by atoms with Gasteiger partial charge in [-0.1, -0.05) is 30.3 Å². The maximum Gasteiger partial charge on any atom is 0.178 e. The molecule has 1 aliphatic rings. The summed E-state index contributed by atoms with van der Waals surface area (Å²) in [6, 6.07) is 16.5. The Balaban J connectivity index is 1.83. The largest absolute Gasteiger partial charge is 0.493 e. The van der Waals surface area contributed by atoms with Crippen LogP contribution in [0.1, 0.15) is 32.2 Å². The average molecular weight is 332 g/mol. The highest BCUT2D eigenvalue weighted by Crippen LogP contribution is 2.39. The van der Waals surface area contributed by atoms with Crippen LogP contribution < -0.4 is 9.47 Å². The van der Waals surface area contributed by atoms with E-state index in [1.165, 1.54) is 7.11 Å². The van der Waals surface area contributed by atoms with Crippen LogP contribution in [-0.2, 0) is 0 Å². The van der Waals surface area contributed by atoms with Gasteiger partial charge in [-0.25, -0.2) is 0 Å². The second-order valence-corrected chi connectivity index (χ2v) is 6.02. The van der Waals surface area contributed by atoms with Gasteiger partial charge in [0.1, 0.15) is 5.92 Å². The van der Waals surface area contributed by atoms with Crippen LogP contribution in [0, 0.1) is 0 Å². The molecule has 4 nitrogen and oxygen atoms in total. The first-order valence-corrected chi connectivity index (χ1v) is 7.97. The van der Waals surface area contributed by atoms with Crippen LogP contribution in [0.25, 0.3) is 10.8 Å². The first-order valence-electron chi connectivity index (χ1n) is 7.97. The molecular formula is C21H16O4. The zero-order valence-electron chi connectivity index (χ0n) is 13.9. The Morgan fingerprint density at radius 1 is 0.720 bits per heavy atom. The van der Waals surface area contributed by atoms with Crippen LogP contribution >= 0.6 is 0 Å². The van der Waals surface area contributed by atoms with Crippen molar-refractivity contribution in [3.8, 4) is 11.5 Å². The summed E-state index contributed by atoms with van der Waals surface area (Å²) in [5, 5.41) is 1.91. The Hall–Kier alpha value is -3.14. The number of ketones is 2. The van der Waals surface area contributed by atoms with Gasteiger partial charge in [-0.2, -0.15) is 0 Å². The molecule has 0 aromatic heterocycles. The van der Waals surface area contributed by atoms with Crippen LogP contribution in [0.3, 0.4) is 0 Å². The van der Waals surface area contributed by atoms with Gasteiger partial charge in [-0.3, -0.25) is 9.59 Å². The van der Waals surface area contributed by atoms with Gasteiger partial charge in [0.15, 0.2) is 23.1 Å². The van der Waals surface area contributed by atoms with E-state index in [1.54, 1.807) is 25.3 Å². The molecule has 0 spiro atoms. The third-order valence-electron chi connectivity index (χ3n) is 4.68. The topological polar surface area (TPSA) is 52.6 Å². The fraction of sp³-hybridized carbons (Fsp3) is 0.143. The molecule has 0 bridgehead atoms. The Kier molecular flexibility index (Phi) is 3.53. The lowest BCUT2D eigenvalue weighted by molar-refractivity contribution is 0.0890. The van der Waals surface area contributed by atoms with Gasteiger partial charge in [-0.05, 0) is 40.6 Å². The normalized spacial score (nSPS) is 14.0. The maximum absolute atomic E-state index is 12.9. The molecule has 0 amide bonds. The van der Waals surface area contributed by atoms with Crippen molar-refractivity contribution in [1.29, 1.82) is 0 Å². The highest BCUT2D eigenvalue weighted by molar-refractivity contribution is 6.30. The van der Waals surface area contributed by atoms with Crippen molar-refractivity contribution < 1.29 is 19.1 Å². The number of hydrogen-bond acceptors (Lipinski definition) is 4. The van der Waals surface area contributed by atoms with E-state index in [2.05, 4.69) is 0 Å². The van der Waals surface area contributed by atoms with Crippen LogP contribution in [0.5, 0.6) is 11.5 Å². The number of ether oxygens (including phenoxy) is 2. The second kappa shape index (κ2) is 5.74. The number of carbonyl (C=O) groups excluding carboxylic acids is 2. The number of carbonyl (C=O) groups is 2. The molecular weight excluding hydrogens is 316 g/mol. The Bertz CT molecular complexity index is 965. The van der Waals surface area contributed by atoms with E-state index in [4.69, 9.17) is 9.47 Å². The van der Waals surface area contributed by atoms with Gasteiger partial charge in [-0.15, -0.1) is 0 Å². The zero-order valence-corrected chi connectivity index (χ0v) is 13.9. The second-order valence-electron chi connectivity index (χ2n) is 6.02. The summed E-state index contributed by atoms with van der Waals surface area (Å²) in [5.74, 6) is -0.100. The molecule has 0 unspecified atom stereocenters. The summed E-state index contributed by atoms with van der Waals surface area (Å²) < 4.78 is 10.5. The van der Waals surface area contributed by atoms with E-state index in [0.717, 1.165) is 10.8 Å². The molecule has 4 heteroatoms. The van der Waals surface area contributed by atoms with Crippen molar-refractivity contribution in [1.82, 2.24) is 0 Å². The monoisotopic (exact) mass is 332 g/mol. The number of benzene rings is 3. The summed E-state index contributed by atoms with van der Waals surface area (Å²) in [7, 11) is 3.08. The average Bonchev–Trinajstić information content (AvgIpc) is 2.89. The predicted octanol–water partition coefficient (Wildman–Crippen LogP) is 4.02. The van der Waals surface area contributed by atoms with Crippen molar-refractivity contribution in [2.75, 3.05) is 14.2 Å². The van der Waals surface area contributed by atoms with Crippen LogP contribution in [-0.4, -0.2) is 25.8 Å². The van der Waals surface area contributed by atoms with Crippen molar-refractivity contribution in [2.45, 2.75) is 5.92 Å². The first-order chi connectivity index (χ1) is 12.1. The molecule has 0 radical (unpaired) electrons. The van der Waals surface area contributed by atoms with Gasteiger partial charge < -0.3 is 9.47 Å². The summed E-state index contributed by atoms with van der Waals surface area (Å²) >= 11 is 0. The lowest BCUT2D eigenvalue weighted by Crippen LogP contribution is -2.13. The number of fused-ring (bicyclic) bond motifs is 2. The molecule has 0 saturated heterocycles. The highest BCUT2D eigenvalue weighted by Gasteiger charge is 2.40. The van der Waals surface area contributed by atoms with Crippen molar-refractivity contribution in [3.63, 3.8) is 0 Å². The Morgan fingerprint density at radius 3 is 1.80 bits per heavy atom. The third-order valence-corrected chi connectivity index (χ3v) is 4.68. The minimum Gasteiger partial charge on any atom is -0.493 e. The summed E-state index contributed by atoms with van der Waals surface area (Å²) in [4.78, 5) is 25.8. The number of methoxy groups -OCH3 is 2. The quantitative estimate of drug-likeness (QED) is 0.680. The SMILES string of the molecule is COc1ccc(C2C(=O)c3cc4ccccc4cc3C2=O)cc1OC. The smallest absolute Gasteiger partial charge is 0.178 e. The predicted molar refractivity (Wildman–Crippen MR) is 94.9 cm³/mol. The van der Waals surface area contributed by atoms with Crippen molar-refractivity contribution >= 4 is 22.3 Å². The van der Waals surface area contributed by atoms with Crippen LogP contribution in [0.15, 0.2) is 54.6 Å². The standard InChI is InChI=1S/C21H16O4/c1-24-17-8-7-14(11-18(17)25-2)19-20(22)15-9-12-5-3-4-6-13(12)10-16(15)21(19)23/h3-11,19H,1-2H3. The summed E-state index contributed by atoms with van der Waals surface area (Å²) in [6.07, 6.45) is 0. The minimum absolute atomic E-state index is 0.169. The van der Waals surface area contributed by atoms with Gasteiger partial charge in [0.05, 0.1) is 14.2 Å². The van der Waals surface area contributed by atoms with Gasteiger partial charge >= 0.3 is 0 Å². The first kappa shape index (κ1) is 15.4. The summed E-state index contributed by atoms with van der Waals surface area (Å²) in [5.41, 5.74) is 1.60. The van der Waals surface area contributed by atoms with Gasteiger partial charge in [0.2, 0.25) is 0 Å². The van der Waals surface area contributed by atoms with E-state index < -0.39 is 5.92 Å². The lowest BCUT2D eigenvalue weighted by Gasteiger charge is -2.12. The maximum atomic E-state index is 12.9. The molecule has 0 aliphatic heterocycles. The fourth-order valence-electron chi connectivity index (χ4n) is 3.41. The molecule has 0 saturated carbocycles. The highest BCUT2D eigenvalue weighted by atomic mass is 16.5. The van der Waals surface area contributed by atoms with E-state index >= 15 is 0 Å². The van der Waals surface area contributed by atoms with Crippen LogP contribution in [0.2, 0.25) is 0 Å². The number of Topliss-reactive ketones (excluding diaryl/α,β-unsaturated/α-hetero) is 2. The van der Waals surface area contributed by atoms with E-state index in [9.17, 15) is 9.59 Å². The fourth-order valence-corrected chi connectivity index (χ4v) is 3.41. The lowest BCUT2D eigenvalue weighted by atomic mass is 9.94. The molecule has 0 atom stereocenters. The van der Waals surface area contributed by atoms with Crippen LogP contribution in [0.4, 0.5) is 0 Å². The molecule has 0 N–H and O–H groups in total. The zero-order chi connectivity index (χ0) is 17.6. The number of hydrogen-bond donors (Lipinski definition) is 0. The Labute approximate surface area is 145 Å². The Morgan fingerprint density at radius 2 is 1.28 bits per heavy atom. The van der Waals surface area contributed by atoms with Gasteiger partial charge in [0.25, 0.3) is 0 Å². The van der Waals surface area contributed by atoms with Gasteiger partial charge in [0, 0.05) is 11.1 Å². The molecule has 25 heavy (non-hydrogen) atoms.